The van der Waals surface area contributed by atoms with Crippen molar-refractivity contribution in [3.05, 3.63) is 21.9 Å². The minimum absolute atomic E-state index is 0.172. The highest BCUT2D eigenvalue weighted by Crippen LogP contribution is 2.30. The molecular weight excluding hydrogens is 246 g/mol. The number of ether oxygens (including phenoxy) is 1. The molecule has 4 heteroatoms. The molecule has 0 N–H and O–H groups in total. The number of carbonyl (C=O) groups excluding carboxylic acids is 1. The first-order valence-electron chi connectivity index (χ1n) is 6.69. The molecule has 2 fully saturated rings. The van der Waals surface area contributed by atoms with Crippen LogP contribution in [0.15, 0.2) is 12.1 Å². The fourth-order valence-corrected chi connectivity index (χ4v) is 3.15. The third-order valence-corrected chi connectivity index (χ3v) is 4.64. The number of carbonyl (C=O) groups is 1. The largest absolute Gasteiger partial charge is 0.376 e. The van der Waals surface area contributed by atoms with Crippen LogP contribution >= 0.6 is 11.3 Å². The maximum Gasteiger partial charge on any atom is 0.264 e. The maximum absolute atomic E-state index is 12.2. The third kappa shape index (κ3) is 2.75. The lowest BCUT2D eigenvalue weighted by Crippen LogP contribution is -2.29. The molecular formula is C14H19NO2S. The number of likely N-dealkylation sites (tertiary alicyclic amines) is 1. The minimum Gasteiger partial charge on any atom is -0.376 e. The smallest absolute Gasteiger partial charge is 0.264 e. The molecule has 2 heterocycles. The summed E-state index contributed by atoms with van der Waals surface area (Å²) in [5, 5.41) is 0. The van der Waals surface area contributed by atoms with Crippen LogP contribution in [-0.2, 0) is 4.74 Å². The molecule has 1 aromatic rings. The van der Waals surface area contributed by atoms with Gasteiger partial charge in [-0.1, -0.05) is 0 Å². The molecule has 1 aliphatic heterocycles. The molecule has 3 rings (SSSR count). The van der Waals surface area contributed by atoms with E-state index in [9.17, 15) is 4.79 Å². The lowest BCUT2D eigenvalue weighted by Gasteiger charge is -2.15. The van der Waals surface area contributed by atoms with Crippen LogP contribution in [0.5, 0.6) is 0 Å². The molecule has 1 amide bonds. The van der Waals surface area contributed by atoms with Gasteiger partial charge in [-0.3, -0.25) is 4.79 Å². The highest BCUT2D eigenvalue weighted by Gasteiger charge is 2.30. The first kappa shape index (κ1) is 12.2. The summed E-state index contributed by atoms with van der Waals surface area (Å²) >= 11 is 1.58. The number of hydrogen-bond acceptors (Lipinski definition) is 3. The summed E-state index contributed by atoms with van der Waals surface area (Å²) in [4.78, 5) is 16.2. The van der Waals surface area contributed by atoms with Crippen LogP contribution in [-0.4, -0.2) is 36.6 Å². The highest BCUT2D eigenvalue weighted by atomic mass is 32.1. The van der Waals surface area contributed by atoms with Gasteiger partial charge >= 0.3 is 0 Å². The second kappa shape index (κ2) is 5.02. The minimum atomic E-state index is 0.172. The van der Waals surface area contributed by atoms with Crippen LogP contribution in [0, 0.1) is 12.8 Å². The number of amides is 1. The lowest BCUT2D eigenvalue weighted by molar-refractivity contribution is 0.0482. The summed E-state index contributed by atoms with van der Waals surface area (Å²) in [5.41, 5.74) is 0. The zero-order valence-corrected chi connectivity index (χ0v) is 11.5. The molecule has 1 saturated heterocycles. The SMILES string of the molecule is Cc1ccc(C(=O)N2CCC(OCC3CC3)C2)s1. The number of hydrogen-bond donors (Lipinski definition) is 0. The van der Waals surface area contributed by atoms with E-state index in [-0.39, 0.29) is 12.0 Å². The average molecular weight is 265 g/mol. The Balaban J connectivity index is 1.52. The molecule has 0 aromatic carbocycles. The van der Waals surface area contributed by atoms with Crippen molar-refractivity contribution in [1.29, 1.82) is 0 Å². The molecule has 1 saturated carbocycles. The van der Waals surface area contributed by atoms with E-state index in [1.807, 2.05) is 24.0 Å². The second-order valence-corrected chi connectivity index (χ2v) is 6.64. The van der Waals surface area contributed by atoms with Crippen molar-refractivity contribution in [2.45, 2.75) is 32.3 Å². The van der Waals surface area contributed by atoms with E-state index < -0.39 is 0 Å². The van der Waals surface area contributed by atoms with Crippen LogP contribution in [0.3, 0.4) is 0 Å². The first-order chi connectivity index (χ1) is 8.72. The molecule has 0 radical (unpaired) electrons. The fraction of sp³-hybridized carbons (Fsp3) is 0.643. The van der Waals surface area contributed by atoms with Crippen LogP contribution in [0.2, 0.25) is 0 Å². The monoisotopic (exact) mass is 265 g/mol. The zero-order valence-electron chi connectivity index (χ0n) is 10.7. The molecule has 98 valence electrons. The van der Waals surface area contributed by atoms with E-state index in [1.165, 1.54) is 17.7 Å². The van der Waals surface area contributed by atoms with E-state index in [0.717, 1.165) is 36.9 Å². The number of thiophene rings is 1. The van der Waals surface area contributed by atoms with Crippen molar-refractivity contribution in [2.75, 3.05) is 19.7 Å². The van der Waals surface area contributed by atoms with Gasteiger partial charge in [0.2, 0.25) is 0 Å². The Morgan fingerprint density at radius 3 is 2.94 bits per heavy atom. The van der Waals surface area contributed by atoms with Crippen LogP contribution in [0.4, 0.5) is 0 Å². The Morgan fingerprint density at radius 1 is 1.44 bits per heavy atom. The lowest BCUT2D eigenvalue weighted by atomic mass is 10.3. The van der Waals surface area contributed by atoms with Gasteiger partial charge in [-0.2, -0.15) is 0 Å². The Kier molecular flexibility index (Phi) is 3.39. The van der Waals surface area contributed by atoms with Gasteiger partial charge in [0, 0.05) is 24.6 Å². The van der Waals surface area contributed by atoms with Crippen molar-refractivity contribution < 1.29 is 9.53 Å². The van der Waals surface area contributed by atoms with Crippen molar-refractivity contribution in [3.8, 4) is 0 Å². The third-order valence-electron chi connectivity index (χ3n) is 3.65. The zero-order chi connectivity index (χ0) is 12.5. The topological polar surface area (TPSA) is 29.5 Å². The van der Waals surface area contributed by atoms with Gasteiger partial charge in [-0.15, -0.1) is 11.3 Å². The van der Waals surface area contributed by atoms with E-state index in [4.69, 9.17) is 4.74 Å². The molecule has 1 atom stereocenters. The molecule has 2 aliphatic rings. The predicted octanol–water partition coefficient (Wildman–Crippen LogP) is 2.70. The van der Waals surface area contributed by atoms with Crippen LogP contribution in [0.25, 0.3) is 0 Å². The predicted molar refractivity (Wildman–Crippen MR) is 72.0 cm³/mol. The normalized spacial score (nSPS) is 23.6. The van der Waals surface area contributed by atoms with Gasteiger partial charge in [0.25, 0.3) is 5.91 Å². The molecule has 3 nitrogen and oxygen atoms in total. The summed E-state index contributed by atoms with van der Waals surface area (Å²) < 4.78 is 5.86. The molecule has 1 unspecified atom stereocenters. The molecule has 1 aliphatic carbocycles. The fourth-order valence-electron chi connectivity index (χ4n) is 2.31. The maximum atomic E-state index is 12.2. The molecule has 0 bridgehead atoms. The van der Waals surface area contributed by atoms with Gasteiger partial charge in [0.05, 0.1) is 11.0 Å². The summed E-state index contributed by atoms with van der Waals surface area (Å²) in [7, 11) is 0. The van der Waals surface area contributed by atoms with E-state index >= 15 is 0 Å². The van der Waals surface area contributed by atoms with Gasteiger partial charge in [0.15, 0.2) is 0 Å². The van der Waals surface area contributed by atoms with Crippen molar-refractivity contribution in [2.24, 2.45) is 5.92 Å². The summed E-state index contributed by atoms with van der Waals surface area (Å²) in [5.74, 6) is 0.973. The Morgan fingerprint density at radius 2 is 2.28 bits per heavy atom. The van der Waals surface area contributed by atoms with Crippen molar-refractivity contribution >= 4 is 17.2 Å². The Hall–Kier alpha value is -0.870. The van der Waals surface area contributed by atoms with Gasteiger partial charge < -0.3 is 9.64 Å². The van der Waals surface area contributed by atoms with Gasteiger partial charge in [-0.25, -0.2) is 0 Å². The van der Waals surface area contributed by atoms with Gasteiger partial charge in [-0.05, 0) is 44.2 Å². The van der Waals surface area contributed by atoms with Gasteiger partial charge in [0.1, 0.15) is 0 Å². The summed E-state index contributed by atoms with van der Waals surface area (Å²) in [6.45, 7) is 4.53. The molecule has 0 spiro atoms. The number of aryl methyl sites for hydroxylation is 1. The summed E-state index contributed by atoms with van der Waals surface area (Å²) in [6, 6.07) is 3.94. The Labute approximate surface area is 112 Å². The molecule has 18 heavy (non-hydrogen) atoms. The highest BCUT2D eigenvalue weighted by molar-refractivity contribution is 7.13. The van der Waals surface area contributed by atoms with Crippen LogP contribution in [0.1, 0.15) is 33.8 Å². The van der Waals surface area contributed by atoms with E-state index in [2.05, 4.69) is 0 Å². The molecule has 1 aromatic heterocycles. The van der Waals surface area contributed by atoms with Crippen molar-refractivity contribution in [1.82, 2.24) is 4.90 Å². The van der Waals surface area contributed by atoms with E-state index in [1.54, 1.807) is 11.3 Å². The number of rotatable bonds is 4. The standard InChI is InChI=1S/C14H19NO2S/c1-10-2-5-13(18-10)14(16)15-7-6-12(8-15)17-9-11-3-4-11/h2,5,11-12H,3-4,6-9H2,1H3. The first-order valence-corrected chi connectivity index (χ1v) is 7.51. The Bertz CT molecular complexity index is 439. The average Bonchev–Trinajstić information content (AvgIpc) is 2.90. The van der Waals surface area contributed by atoms with E-state index in [0.29, 0.717) is 0 Å². The second-order valence-electron chi connectivity index (χ2n) is 5.35. The quantitative estimate of drug-likeness (QED) is 0.837. The van der Waals surface area contributed by atoms with Crippen LogP contribution < -0.4 is 0 Å². The van der Waals surface area contributed by atoms with Crippen molar-refractivity contribution in [3.63, 3.8) is 0 Å². The summed E-state index contributed by atoms with van der Waals surface area (Å²) in [6.07, 6.45) is 3.90. The number of nitrogens with zero attached hydrogens (tertiary/aromatic N) is 1.